The number of nitrogens with zero attached hydrogens (tertiary/aromatic N) is 1. The summed E-state index contributed by atoms with van der Waals surface area (Å²) < 4.78 is 28.7. The second-order valence-corrected chi connectivity index (χ2v) is 6.63. The van der Waals surface area contributed by atoms with Crippen molar-refractivity contribution in [2.24, 2.45) is 0 Å². The summed E-state index contributed by atoms with van der Waals surface area (Å²) in [6.45, 7) is 2.78. The van der Waals surface area contributed by atoms with E-state index in [9.17, 15) is 8.42 Å². The zero-order valence-corrected chi connectivity index (χ0v) is 12.0. The van der Waals surface area contributed by atoms with E-state index in [4.69, 9.17) is 5.73 Å². The van der Waals surface area contributed by atoms with Crippen LogP contribution >= 0.6 is 0 Å². The fraction of sp³-hybridized carbons (Fsp3) is 0.538. The minimum atomic E-state index is -3.41. The summed E-state index contributed by atoms with van der Waals surface area (Å²) >= 11 is 0. The van der Waals surface area contributed by atoms with Crippen molar-refractivity contribution in [2.45, 2.75) is 38.8 Å². The van der Waals surface area contributed by atoms with Crippen molar-refractivity contribution in [1.29, 1.82) is 0 Å². The highest BCUT2D eigenvalue weighted by Gasteiger charge is 2.30. The van der Waals surface area contributed by atoms with Gasteiger partial charge in [0.1, 0.15) is 0 Å². The number of nitrogen functional groups attached to an aromatic ring is 1. The average Bonchev–Trinajstić information content (AvgIpc) is 3.14. The van der Waals surface area contributed by atoms with Crippen LogP contribution in [0.2, 0.25) is 0 Å². The monoisotopic (exact) mass is 283 g/mol. The van der Waals surface area contributed by atoms with E-state index >= 15 is 0 Å². The number of benzene rings is 1. The van der Waals surface area contributed by atoms with E-state index in [1.807, 2.05) is 25.1 Å². The number of anilines is 1. The number of nitrogens with two attached hydrogens (primary N) is 1. The molecule has 0 atom stereocenters. The molecule has 0 saturated heterocycles. The summed E-state index contributed by atoms with van der Waals surface area (Å²) in [5.74, 6) is 0. The van der Waals surface area contributed by atoms with Crippen molar-refractivity contribution < 1.29 is 8.42 Å². The van der Waals surface area contributed by atoms with E-state index < -0.39 is 10.2 Å². The smallest absolute Gasteiger partial charge is 0.280 e. The van der Waals surface area contributed by atoms with Gasteiger partial charge in [0.2, 0.25) is 0 Å². The average molecular weight is 283 g/mol. The predicted octanol–water partition coefficient (Wildman–Crippen LogP) is 1.48. The van der Waals surface area contributed by atoms with Gasteiger partial charge in [-0.15, -0.1) is 0 Å². The molecule has 1 aromatic carbocycles. The van der Waals surface area contributed by atoms with Crippen molar-refractivity contribution in [3.05, 3.63) is 29.8 Å². The van der Waals surface area contributed by atoms with Crippen LogP contribution in [0.4, 0.5) is 5.69 Å². The Morgan fingerprint density at radius 1 is 1.37 bits per heavy atom. The molecule has 0 aliphatic heterocycles. The van der Waals surface area contributed by atoms with Crippen molar-refractivity contribution in [3.8, 4) is 0 Å². The highest BCUT2D eigenvalue weighted by molar-refractivity contribution is 7.87. The summed E-state index contributed by atoms with van der Waals surface area (Å²) in [4.78, 5) is 0. The molecule has 1 fully saturated rings. The van der Waals surface area contributed by atoms with Crippen LogP contribution in [-0.4, -0.2) is 25.3 Å². The molecule has 1 aromatic rings. The third-order valence-corrected chi connectivity index (χ3v) is 4.73. The lowest BCUT2D eigenvalue weighted by molar-refractivity contribution is 0.398. The summed E-state index contributed by atoms with van der Waals surface area (Å²) in [5, 5.41) is 0. The first-order chi connectivity index (χ1) is 9.03. The first-order valence-electron chi connectivity index (χ1n) is 6.63. The number of hydrogen-bond acceptors (Lipinski definition) is 3. The molecule has 0 bridgehead atoms. The molecular weight excluding hydrogens is 262 g/mol. The Hall–Kier alpha value is -1.11. The van der Waals surface area contributed by atoms with Gasteiger partial charge in [-0.05, 0) is 30.9 Å². The first-order valence-corrected chi connectivity index (χ1v) is 8.07. The highest BCUT2D eigenvalue weighted by Crippen LogP contribution is 2.22. The van der Waals surface area contributed by atoms with Crippen LogP contribution < -0.4 is 10.5 Å². The summed E-state index contributed by atoms with van der Waals surface area (Å²) in [6.07, 6.45) is 2.65. The van der Waals surface area contributed by atoms with Crippen LogP contribution in [0.5, 0.6) is 0 Å². The quantitative estimate of drug-likeness (QED) is 0.744. The number of para-hydroxylation sites is 1. The van der Waals surface area contributed by atoms with Gasteiger partial charge in [-0.2, -0.15) is 17.4 Å². The van der Waals surface area contributed by atoms with E-state index in [1.54, 1.807) is 6.07 Å². The molecule has 106 valence electrons. The third kappa shape index (κ3) is 3.92. The van der Waals surface area contributed by atoms with Crippen LogP contribution in [0.1, 0.15) is 31.7 Å². The fourth-order valence-electron chi connectivity index (χ4n) is 1.89. The Morgan fingerprint density at radius 3 is 2.63 bits per heavy atom. The Kier molecular flexibility index (Phi) is 4.44. The number of rotatable bonds is 7. The SMILES string of the molecule is CCCN(Cc1ccccc1N)S(=O)(=O)NC1CC1. The van der Waals surface area contributed by atoms with Gasteiger partial charge in [0.25, 0.3) is 10.2 Å². The van der Waals surface area contributed by atoms with Gasteiger partial charge < -0.3 is 5.73 Å². The molecule has 1 saturated carbocycles. The Morgan fingerprint density at radius 2 is 2.05 bits per heavy atom. The number of nitrogens with one attached hydrogen (secondary N) is 1. The lowest BCUT2D eigenvalue weighted by atomic mass is 10.2. The van der Waals surface area contributed by atoms with Crippen molar-refractivity contribution in [2.75, 3.05) is 12.3 Å². The minimum absolute atomic E-state index is 0.123. The van der Waals surface area contributed by atoms with E-state index in [-0.39, 0.29) is 6.04 Å². The molecule has 0 amide bonds. The molecule has 0 aromatic heterocycles. The molecule has 0 heterocycles. The van der Waals surface area contributed by atoms with Crippen molar-refractivity contribution in [3.63, 3.8) is 0 Å². The van der Waals surface area contributed by atoms with Crippen LogP contribution in [0.3, 0.4) is 0 Å². The summed E-state index contributed by atoms with van der Waals surface area (Å²) in [5.41, 5.74) is 7.35. The topological polar surface area (TPSA) is 75.4 Å². The second kappa shape index (κ2) is 5.90. The van der Waals surface area contributed by atoms with Gasteiger partial charge in [-0.3, -0.25) is 0 Å². The van der Waals surface area contributed by atoms with Gasteiger partial charge in [0, 0.05) is 24.8 Å². The Bertz CT molecular complexity index is 526. The molecule has 0 radical (unpaired) electrons. The Labute approximate surface area is 115 Å². The first kappa shape index (κ1) is 14.3. The molecule has 5 nitrogen and oxygen atoms in total. The van der Waals surface area contributed by atoms with E-state index in [1.165, 1.54) is 4.31 Å². The number of hydrogen-bond donors (Lipinski definition) is 2. The molecular formula is C13H21N3O2S. The van der Waals surface area contributed by atoms with Gasteiger partial charge in [0.05, 0.1) is 0 Å². The van der Waals surface area contributed by atoms with Crippen LogP contribution in [-0.2, 0) is 16.8 Å². The molecule has 19 heavy (non-hydrogen) atoms. The fourth-order valence-corrected chi connectivity index (χ4v) is 3.43. The molecule has 6 heteroatoms. The lowest BCUT2D eigenvalue weighted by Crippen LogP contribution is -2.41. The molecule has 1 aliphatic rings. The van der Waals surface area contributed by atoms with E-state index in [0.29, 0.717) is 18.8 Å². The third-order valence-electron chi connectivity index (χ3n) is 3.11. The van der Waals surface area contributed by atoms with Gasteiger partial charge in [0.15, 0.2) is 0 Å². The van der Waals surface area contributed by atoms with Gasteiger partial charge >= 0.3 is 0 Å². The van der Waals surface area contributed by atoms with Gasteiger partial charge in [-0.1, -0.05) is 25.1 Å². The maximum Gasteiger partial charge on any atom is 0.280 e. The molecule has 1 aliphatic carbocycles. The zero-order valence-electron chi connectivity index (χ0n) is 11.2. The summed E-state index contributed by atoms with van der Waals surface area (Å²) in [6, 6.07) is 7.50. The van der Waals surface area contributed by atoms with Gasteiger partial charge in [-0.25, -0.2) is 0 Å². The maximum absolute atomic E-state index is 12.3. The molecule has 0 spiro atoms. The van der Waals surface area contributed by atoms with E-state index in [0.717, 1.165) is 24.8 Å². The Balaban J connectivity index is 2.13. The van der Waals surface area contributed by atoms with Crippen LogP contribution in [0.25, 0.3) is 0 Å². The van der Waals surface area contributed by atoms with E-state index in [2.05, 4.69) is 4.72 Å². The molecule has 3 N–H and O–H groups in total. The summed E-state index contributed by atoms with van der Waals surface area (Å²) in [7, 11) is -3.41. The zero-order chi connectivity index (χ0) is 13.9. The maximum atomic E-state index is 12.3. The van der Waals surface area contributed by atoms with Crippen LogP contribution in [0, 0.1) is 0 Å². The normalized spacial score (nSPS) is 15.9. The molecule has 2 rings (SSSR count). The predicted molar refractivity (Wildman–Crippen MR) is 76.6 cm³/mol. The van der Waals surface area contributed by atoms with Crippen LogP contribution in [0.15, 0.2) is 24.3 Å². The second-order valence-electron chi connectivity index (χ2n) is 4.93. The standard InChI is InChI=1S/C13H21N3O2S/c1-2-9-16(19(17,18)15-12-7-8-12)10-11-5-3-4-6-13(11)14/h3-6,12,15H,2,7-10,14H2,1H3. The lowest BCUT2D eigenvalue weighted by Gasteiger charge is -2.22. The largest absolute Gasteiger partial charge is 0.398 e. The highest BCUT2D eigenvalue weighted by atomic mass is 32.2. The van der Waals surface area contributed by atoms with Crippen molar-refractivity contribution in [1.82, 2.24) is 9.03 Å². The minimum Gasteiger partial charge on any atom is -0.398 e. The molecule has 0 unspecified atom stereocenters. The van der Waals surface area contributed by atoms with Crippen molar-refractivity contribution >= 4 is 15.9 Å².